The third-order valence-corrected chi connectivity index (χ3v) is 4.09. The summed E-state index contributed by atoms with van der Waals surface area (Å²) in [6.45, 7) is 1.89. The van der Waals surface area contributed by atoms with Gasteiger partial charge in [-0.3, -0.25) is 9.48 Å². The third kappa shape index (κ3) is 2.95. The molecule has 0 fully saturated rings. The van der Waals surface area contributed by atoms with Crippen molar-refractivity contribution in [3.8, 4) is 22.4 Å². The minimum atomic E-state index is -0.368. The van der Waals surface area contributed by atoms with Crippen LogP contribution in [0.4, 0.5) is 0 Å². The fourth-order valence-corrected chi connectivity index (χ4v) is 2.85. The van der Waals surface area contributed by atoms with Gasteiger partial charge >= 0.3 is 0 Å². The molecule has 0 bridgehead atoms. The van der Waals surface area contributed by atoms with Gasteiger partial charge < -0.3 is 4.90 Å². The van der Waals surface area contributed by atoms with E-state index >= 15 is 0 Å². The second-order valence-corrected chi connectivity index (χ2v) is 5.99. The second kappa shape index (κ2) is 6.71. The SMILES string of the molecule is CC(C(=O)N(C)C)n1ncc(-c2ccccc2)c1-c1ccccc1. The van der Waals surface area contributed by atoms with Crippen molar-refractivity contribution in [2.24, 2.45) is 0 Å². The minimum Gasteiger partial charge on any atom is -0.347 e. The van der Waals surface area contributed by atoms with Gasteiger partial charge in [0.25, 0.3) is 0 Å². The topological polar surface area (TPSA) is 38.1 Å². The predicted octanol–water partition coefficient (Wildman–Crippen LogP) is 3.87. The first-order valence-electron chi connectivity index (χ1n) is 7.99. The molecule has 4 heteroatoms. The summed E-state index contributed by atoms with van der Waals surface area (Å²) in [5.74, 6) is 0.0230. The molecule has 24 heavy (non-hydrogen) atoms. The van der Waals surface area contributed by atoms with E-state index in [1.807, 2.05) is 66.3 Å². The van der Waals surface area contributed by atoms with Crippen LogP contribution in [0.25, 0.3) is 22.4 Å². The van der Waals surface area contributed by atoms with Gasteiger partial charge in [-0.05, 0) is 12.5 Å². The van der Waals surface area contributed by atoms with Gasteiger partial charge in [0.15, 0.2) is 0 Å². The van der Waals surface area contributed by atoms with Gasteiger partial charge in [0.1, 0.15) is 6.04 Å². The van der Waals surface area contributed by atoms with E-state index in [9.17, 15) is 4.79 Å². The summed E-state index contributed by atoms with van der Waals surface area (Å²) < 4.78 is 1.82. The Balaban J connectivity index is 2.18. The Hall–Kier alpha value is -2.88. The number of aromatic nitrogens is 2. The zero-order valence-electron chi connectivity index (χ0n) is 14.2. The van der Waals surface area contributed by atoms with Crippen molar-refractivity contribution in [3.63, 3.8) is 0 Å². The van der Waals surface area contributed by atoms with E-state index in [1.165, 1.54) is 0 Å². The Bertz CT molecular complexity index is 823. The number of hydrogen-bond donors (Lipinski definition) is 0. The van der Waals surface area contributed by atoms with Crippen LogP contribution in [0, 0.1) is 0 Å². The maximum absolute atomic E-state index is 12.4. The minimum absolute atomic E-state index is 0.0230. The predicted molar refractivity (Wildman–Crippen MR) is 96.5 cm³/mol. The number of nitrogens with zero attached hydrogens (tertiary/aromatic N) is 3. The molecule has 0 saturated heterocycles. The van der Waals surface area contributed by atoms with Crippen LogP contribution in [0.3, 0.4) is 0 Å². The molecule has 122 valence electrons. The zero-order chi connectivity index (χ0) is 17.1. The molecule has 0 spiro atoms. The van der Waals surface area contributed by atoms with E-state index in [4.69, 9.17) is 0 Å². The number of hydrogen-bond acceptors (Lipinski definition) is 2. The summed E-state index contributed by atoms with van der Waals surface area (Å²) in [4.78, 5) is 14.0. The van der Waals surface area contributed by atoms with Crippen molar-refractivity contribution < 1.29 is 4.79 Å². The summed E-state index contributed by atoms with van der Waals surface area (Å²) in [7, 11) is 3.53. The van der Waals surface area contributed by atoms with Crippen LogP contribution < -0.4 is 0 Å². The third-order valence-electron chi connectivity index (χ3n) is 4.09. The summed E-state index contributed by atoms with van der Waals surface area (Å²) in [5.41, 5.74) is 4.13. The van der Waals surface area contributed by atoms with Gasteiger partial charge in [-0.25, -0.2) is 0 Å². The molecule has 1 heterocycles. The van der Waals surface area contributed by atoms with Crippen LogP contribution in [-0.4, -0.2) is 34.7 Å². The molecule has 2 aromatic carbocycles. The summed E-state index contributed by atoms with van der Waals surface area (Å²) in [5, 5.41) is 4.54. The normalized spacial score (nSPS) is 12.0. The number of carbonyl (C=O) groups is 1. The summed E-state index contributed by atoms with van der Waals surface area (Å²) in [6.07, 6.45) is 1.84. The van der Waals surface area contributed by atoms with Crippen LogP contribution in [0.15, 0.2) is 66.9 Å². The van der Waals surface area contributed by atoms with Crippen LogP contribution in [-0.2, 0) is 4.79 Å². The molecule has 1 amide bonds. The number of likely N-dealkylation sites (N-methyl/N-ethyl adjacent to an activating group) is 1. The van der Waals surface area contributed by atoms with E-state index in [0.717, 1.165) is 22.4 Å². The lowest BCUT2D eigenvalue weighted by atomic mass is 10.0. The monoisotopic (exact) mass is 319 g/mol. The van der Waals surface area contributed by atoms with Crippen molar-refractivity contribution in [1.82, 2.24) is 14.7 Å². The maximum Gasteiger partial charge on any atom is 0.246 e. The Labute approximate surface area is 142 Å². The average molecular weight is 319 g/mol. The van der Waals surface area contributed by atoms with E-state index in [0.29, 0.717) is 0 Å². The molecule has 0 aliphatic carbocycles. The van der Waals surface area contributed by atoms with Crippen LogP contribution in [0.5, 0.6) is 0 Å². The molecule has 1 unspecified atom stereocenters. The first-order chi connectivity index (χ1) is 11.6. The molecule has 0 saturated carbocycles. The molecule has 4 nitrogen and oxygen atoms in total. The van der Waals surface area contributed by atoms with E-state index in [1.54, 1.807) is 19.0 Å². The first kappa shape index (κ1) is 16.0. The van der Waals surface area contributed by atoms with E-state index in [2.05, 4.69) is 17.2 Å². The average Bonchev–Trinajstić information content (AvgIpc) is 3.06. The lowest BCUT2D eigenvalue weighted by molar-refractivity contribution is -0.131. The molecule has 0 aliphatic rings. The second-order valence-electron chi connectivity index (χ2n) is 5.99. The van der Waals surface area contributed by atoms with Crippen LogP contribution >= 0.6 is 0 Å². The lowest BCUT2D eigenvalue weighted by Gasteiger charge is -2.20. The van der Waals surface area contributed by atoms with Gasteiger partial charge in [0.2, 0.25) is 5.91 Å². The highest BCUT2D eigenvalue weighted by Gasteiger charge is 2.23. The quantitative estimate of drug-likeness (QED) is 0.732. The van der Waals surface area contributed by atoms with Gasteiger partial charge in [0, 0.05) is 25.2 Å². The fourth-order valence-electron chi connectivity index (χ4n) is 2.85. The van der Waals surface area contributed by atoms with Gasteiger partial charge in [-0.15, -0.1) is 0 Å². The number of carbonyl (C=O) groups excluding carboxylic acids is 1. The van der Waals surface area contributed by atoms with E-state index in [-0.39, 0.29) is 11.9 Å². The fraction of sp³-hybridized carbons (Fsp3) is 0.200. The van der Waals surface area contributed by atoms with Crippen LogP contribution in [0.2, 0.25) is 0 Å². The number of amides is 1. The standard InChI is InChI=1S/C20H21N3O/c1-15(20(24)22(2)3)23-19(17-12-8-5-9-13-17)18(14-21-23)16-10-6-4-7-11-16/h4-15H,1-3H3. The highest BCUT2D eigenvalue weighted by molar-refractivity contribution is 5.84. The Morgan fingerprint density at radius 2 is 1.50 bits per heavy atom. The van der Waals surface area contributed by atoms with Gasteiger partial charge in [-0.1, -0.05) is 60.7 Å². The highest BCUT2D eigenvalue weighted by atomic mass is 16.2. The first-order valence-corrected chi connectivity index (χ1v) is 7.99. The number of rotatable bonds is 4. The molecule has 1 atom stereocenters. The molecular weight excluding hydrogens is 298 g/mol. The maximum atomic E-state index is 12.4. The van der Waals surface area contributed by atoms with Crippen molar-refractivity contribution in [1.29, 1.82) is 0 Å². The molecular formula is C20H21N3O. The molecule has 1 aromatic heterocycles. The largest absolute Gasteiger partial charge is 0.347 e. The Kier molecular flexibility index (Phi) is 4.47. The van der Waals surface area contributed by atoms with Gasteiger partial charge in [0.05, 0.1) is 11.9 Å². The lowest BCUT2D eigenvalue weighted by Crippen LogP contribution is -2.30. The van der Waals surface area contributed by atoms with Crippen LogP contribution in [0.1, 0.15) is 13.0 Å². The molecule has 3 aromatic rings. The highest BCUT2D eigenvalue weighted by Crippen LogP contribution is 2.33. The Morgan fingerprint density at radius 3 is 2.04 bits per heavy atom. The molecule has 0 N–H and O–H groups in total. The summed E-state index contributed by atoms with van der Waals surface area (Å²) >= 11 is 0. The van der Waals surface area contributed by atoms with Crippen molar-refractivity contribution in [2.75, 3.05) is 14.1 Å². The Morgan fingerprint density at radius 1 is 0.958 bits per heavy atom. The molecule has 3 rings (SSSR count). The van der Waals surface area contributed by atoms with Crippen molar-refractivity contribution in [3.05, 3.63) is 66.9 Å². The van der Waals surface area contributed by atoms with Crippen molar-refractivity contribution >= 4 is 5.91 Å². The smallest absolute Gasteiger partial charge is 0.246 e. The molecule has 0 aliphatic heterocycles. The van der Waals surface area contributed by atoms with Gasteiger partial charge in [-0.2, -0.15) is 5.10 Å². The summed E-state index contributed by atoms with van der Waals surface area (Å²) in [6, 6.07) is 19.9. The zero-order valence-corrected chi connectivity index (χ0v) is 14.2. The van der Waals surface area contributed by atoms with Crippen molar-refractivity contribution in [2.45, 2.75) is 13.0 Å². The number of benzene rings is 2. The van der Waals surface area contributed by atoms with E-state index < -0.39 is 0 Å². The molecule has 0 radical (unpaired) electrons.